The van der Waals surface area contributed by atoms with Gasteiger partial charge in [0.15, 0.2) is 0 Å². The van der Waals surface area contributed by atoms with Crippen molar-refractivity contribution in [2.75, 3.05) is 7.11 Å². The van der Waals surface area contributed by atoms with Crippen LogP contribution < -0.4 is 14.2 Å². The highest BCUT2D eigenvalue weighted by atomic mass is 32.2. The molecule has 0 radical (unpaired) electrons. The molecule has 3 rings (SSSR count). The maximum Gasteiger partial charge on any atom is 0.422 e. The molecule has 1 aromatic heterocycles. The molecule has 0 aliphatic carbocycles. The number of carbonyl (C=O) groups is 1. The highest BCUT2D eigenvalue weighted by Crippen LogP contribution is 2.22. The number of nitrogens with zero attached hydrogens (tertiary/aromatic N) is 3. The standard InChI is InChI=1S/C20H25N5O5S/c1-13(22-31(27,28)23-19(26)30-20(2,3)4)14-6-8-15(9-7-14)25-18-11-10-16(29-5)12-17(18)21-24-25/h6-13,22H,1-5H3,(H,23,26)/t13-/m0/s1. The molecule has 1 amide bonds. The van der Waals surface area contributed by atoms with Gasteiger partial charge >= 0.3 is 16.3 Å². The molecule has 166 valence electrons. The van der Waals surface area contributed by atoms with Crippen LogP contribution in [-0.2, 0) is 14.9 Å². The van der Waals surface area contributed by atoms with E-state index in [-0.39, 0.29) is 0 Å². The van der Waals surface area contributed by atoms with Gasteiger partial charge in [0.05, 0.1) is 18.3 Å². The van der Waals surface area contributed by atoms with Gasteiger partial charge in [0.1, 0.15) is 16.9 Å². The zero-order valence-corrected chi connectivity index (χ0v) is 18.7. The van der Waals surface area contributed by atoms with E-state index in [1.54, 1.807) is 69.8 Å². The molecule has 0 unspecified atom stereocenters. The molecule has 2 aromatic carbocycles. The molecule has 0 saturated heterocycles. The van der Waals surface area contributed by atoms with Crippen LogP contribution in [0.2, 0.25) is 0 Å². The Kier molecular flexibility index (Phi) is 6.18. The fourth-order valence-electron chi connectivity index (χ4n) is 2.86. The van der Waals surface area contributed by atoms with Gasteiger partial charge in [-0.1, -0.05) is 17.3 Å². The van der Waals surface area contributed by atoms with Crippen LogP contribution >= 0.6 is 0 Å². The summed E-state index contributed by atoms with van der Waals surface area (Å²) < 4.78 is 40.5. The lowest BCUT2D eigenvalue weighted by Crippen LogP contribution is -2.43. The van der Waals surface area contributed by atoms with E-state index in [9.17, 15) is 13.2 Å². The van der Waals surface area contributed by atoms with E-state index in [0.717, 1.165) is 11.2 Å². The first-order valence-electron chi connectivity index (χ1n) is 9.50. The number of hydrogen-bond donors (Lipinski definition) is 2. The summed E-state index contributed by atoms with van der Waals surface area (Å²) in [7, 11) is -2.52. The number of benzene rings is 2. The molecule has 10 nitrogen and oxygen atoms in total. The Morgan fingerprint density at radius 3 is 2.42 bits per heavy atom. The fourth-order valence-corrected chi connectivity index (χ4v) is 3.79. The molecule has 0 aliphatic rings. The Bertz CT molecular complexity index is 1180. The number of nitrogens with one attached hydrogen (secondary N) is 2. The molecule has 0 aliphatic heterocycles. The number of rotatable bonds is 6. The highest BCUT2D eigenvalue weighted by Gasteiger charge is 2.23. The Morgan fingerprint density at radius 2 is 1.81 bits per heavy atom. The van der Waals surface area contributed by atoms with Gasteiger partial charge in [0.25, 0.3) is 0 Å². The number of aromatic nitrogens is 3. The van der Waals surface area contributed by atoms with Crippen molar-refractivity contribution in [3.8, 4) is 11.4 Å². The summed E-state index contributed by atoms with van der Waals surface area (Å²) in [4.78, 5) is 11.7. The minimum absolute atomic E-state index is 0.592. The van der Waals surface area contributed by atoms with Crippen molar-refractivity contribution in [2.45, 2.75) is 39.3 Å². The normalized spacial score (nSPS) is 13.1. The van der Waals surface area contributed by atoms with Crippen LogP contribution in [0.15, 0.2) is 42.5 Å². The van der Waals surface area contributed by atoms with Crippen LogP contribution in [0.5, 0.6) is 5.75 Å². The summed E-state index contributed by atoms with van der Waals surface area (Å²) in [6.07, 6.45) is -1.04. The molecule has 0 saturated carbocycles. The summed E-state index contributed by atoms with van der Waals surface area (Å²) in [6, 6.07) is 12.0. The van der Waals surface area contributed by atoms with Gasteiger partial charge in [-0.3, -0.25) is 0 Å². The zero-order valence-electron chi connectivity index (χ0n) is 17.9. The molecular formula is C20H25N5O5S. The van der Waals surface area contributed by atoms with Gasteiger partial charge < -0.3 is 9.47 Å². The molecule has 1 atom stereocenters. The number of carbonyl (C=O) groups excluding carboxylic acids is 1. The second kappa shape index (κ2) is 8.52. The van der Waals surface area contributed by atoms with Gasteiger partial charge in [-0.15, -0.1) is 5.10 Å². The fraction of sp³-hybridized carbons (Fsp3) is 0.350. The lowest BCUT2D eigenvalue weighted by Gasteiger charge is -2.20. The first-order chi connectivity index (χ1) is 14.5. The number of methoxy groups -OCH3 is 1. The third-order valence-electron chi connectivity index (χ3n) is 4.24. The Labute approximate surface area is 180 Å². The van der Waals surface area contributed by atoms with Crippen LogP contribution in [0.25, 0.3) is 16.7 Å². The molecule has 0 fully saturated rings. The molecule has 31 heavy (non-hydrogen) atoms. The van der Waals surface area contributed by atoms with Crippen LogP contribution in [0.1, 0.15) is 39.3 Å². The molecule has 2 N–H and O–H groups in total. The Morgan fingerprint density at radius 1 is 1.13 bits per heavy atom. The summed E-state index contributed by atoms with van der Waals surface area (Å²) >= 11 is 0. The predicted molar refractivity (Wildman–Crippen MR) is 115 cm³/mol. The minimum Gasteiger partial charge on any atom is -0.497 e. The topological polar surface area (TPSA) is 124 Å². The Hall–Kier alpha value is -3.18. The van der Waals surface area contributed by atoms with Gasteiger partial charge in [0, 0.05) is 12.1 Å². The molecule has 1 heterocycles. The first-order valence-corrected chi connectivity index (χ1v) is 11.0. The quantitative estimate of drug-likeness (QED) is 0.595. The summed E-state index contributed by atoms with van der Waals surface area (Å²) in [6.45, 7) is 6.60. The third-order valence-corrected chi connectivity index (χ3v) is 5.34. The van der Waals surface area contributed by atoms with E-state index >= 15 is 0 Å². The number of amides is 1. The summed E-state index contributed by atoms with van der Waals surface area (Å²) in [5, 5.41) is 8.33. The number of hydrogen-bond acceptors (Lipinski definition) is 7. The monoisotopic (exact) mass is 447 g/mol. The van der Waals surface area contributed by atoms with Crippen LogP contribution in [0.4, 0.5) is 4.79 Å². The largest absolute Gasteiger partial charge is 0.497 e. The van der Waals surface area contributed by atoms with Crippen molar-refractivity contribution < 1.29 is 22.7 Å². The third kappa shape index (κ3) is 5.70. The first kappa shape index (κ1) is 22.5. The van der Waals surface area contributed by atoms with Gasteiger partial charge in [0.2, 0.25) is 0 Å². The van der Waals surface area contributed by atoms with E-state index in [2.05, 4.69) is 15.0 Å². The van der Waals surface area contributed by atoms with Crippen LogP contribution in [0, 0.1) is 0 Å². The minimum atomic E-state index is -4.10. The average molecular weight is 448 g/mol. The zero-order chi connectivity index (χ0) is 22.8. The molecule has 0 bridgehead atoms. The number of fused-ring (bicyclic) bond motifs is 1. The van der Waals surface area contributed by atoms with E-state index in [1.807, 2.05) is 16.9 Å². The van der Waals surface area contributed by atoms with Gasteiger partial charge in [-0.25, -0.2) is 14.2 Å². The molecule has 0 spiro atoms. The van der Waals surface area contributed by atoms with Crippen molar-refractivity contribution in [1.29, 1.82) is 0 Å². The van der Waals surface area contributed by atoms with Crippen LogP contribution in [0.3, 0.4) is 0 Å². The van der Waals surface area contributed by atoms with Crippen molar-refractivity contribution >= 4 is 27.3 Å². The van der Waals surface area contributed by atoms with Gasteiger partial charge in [-0.2, -0.15) is 13.1 Å². The van der Waals surface area contributed by atoms with E-state index in [0.29, 0.717) is 16.8 Å². The van der Waals surface area contributed by atoms with Crippen molar-refractivity contribution in [3.05, 3.63) is 48.0 Å². The maximum atomic E-state index is 12.2. The molecule has 11 heteroatoms. The molecular weight excluding hydrogens is 422 g/mol. The second-order valence-electron chi connectivity index (χ2n) is 7.89. The number of ether oxygens (including phenoxy) is 2. The van der Waals surface area contributed by atoms with E-state index in [1.165, 1.54) is 0 Å². The van der Waals surface area contributed by atoms with Crippen molar-refractivity contribution in [2.24, 2.45) is 0 Å². The maximum absolute atomic E-state index is 12.2. The predicted octanol–water partition coefficient (Wildman–Crippen LogP) is 2.85. The van der Waals surface area contributed by atoms with Crippen molar-refractivity contribution in [1.82, 2.24) is 24.4 Å². The Balaban J connectivity index is 1.72. The summed E-state index contributed by atoms with van der Waals surface area (Å²) in [5.74, 6) is 0.691. The lowest BCUT2D eigenvalue weighted by atomic mass is 10.1. The van der Waals surface area contributed by atoms with E-state index in [4.69, 9.17) is 9.47 Å². The average Bonchev–Trinajstić information content (AvgIpc) is 3.08. The molecule has 3 aromatic rings. The van der Waals surface area contributed by atoms with Crippen LogP contribution in [-0.4, -0.2) is 42.2 Å². The smallest absolute Gasteiger partial charge is 0.422 e. The SMILES string of the molecule is COc1ccc2c(c1)nnn2-c1ccc([C@H](C)NS(=O)(=O)NC(=O)OC(C)(C)C)cc1. The highest BCUT2D eigenvalue weighted by molar-refractivity contribution is 7.88. The summed E-state index contributed by atoms with van der Waals surface area (Å²) in [5.41, 5.74) is 2.15. The van der Waals surface area contributed by atoms with E-state index < -0.39 is 27.9 Å². The van der Waals surface area contributed by atoms with Gasteiger partial charge in [-0.05, 0) is 57.5 Å². The second-order valence-corrected chi connectivity index (χ2v) is 9.34. The van der Waals surface area contributed by atoms with Crippen molar-refractivity contribution in [3.63, 3.8) is 0 Å². The lowest BCUT2D eigenvalue weighted by molar-refractivity contribution is 0.0569.